The summed E-state index contributed by atoms with van der Waals surface area (Å²) in [6.07, 6.45) is 1.14. The molecule has 2 heteroatoms. The topological polar surface area (TPSA) is 3.24 Å². The van der Waals surface area contributed by atoms with E-state index in [9.17, 15) is 0 Å². The summed E-state index contributed by atoms with van der Waals surface area (Å²) in [6.45, 7) is 13.2. The monoisotopic (exact) mass is 213 g/mol. The van der Waals surface area contributed by atoms with Crippen molar-refractivity contribution in [1.29, 1.82) is 0 Å². The van der Waals surface area contributed by atoms with Gasteiger partial charge in [0.1, 0.15) is 0 Å². The van der Waals surface area contributed by atoms with Crippen molar-refractivity contribution in [3.05, 3.63) is 0 Å². The molecule has 1 unspecified atom stereocenters. The average molecular weight is 213 g/mol. The Kier molecular flexibility index (Phi) is 7.13. The Morgan fingerprint density at radius 2 is 1.57 bits per heavy atom. The molecular formula is C12H23NS. The normalized spacial score (nSPS) is 13.2. The van der Waals surface area contributed by atoms with Crippen molar-refractivity contribution in [2.75, 3.05) is 0 Å². The first-order chi connectivity index (χ1) is 6.49. The maximum absolute atomic E-state index is 3.24. The molecule has 0 aliphatic carbocycles. The first-order valence-electron chi connectivity index (χ1n) is 5.44. The smallest absolute Gasteiger partial charge is 0.0181 e. The first kappa shape index (κ1) is 13.9. The maximum atomic E-state index is 3.24. The van der Waals surface area contributed by atoms with Gasteiger partial charge in [-0.3, -0.25) is 0 Å². The van der Waals surface area contributed by atoms with Crippen LogP contribution in [0.4, 0.5) is 0 Å². The van der Waals surface area contributed by atoms with Gasteiger partial charge in [-0.2, -0.15) is 0 Å². The zero-order valence-electron chi connectivity index (χ0n) is 10.3. The predicted octanol–water partition coefficient (Wildman–Crippen LogP) is 3.76. The number of hydrogen-bond donors (Lipinski definition) is 0. The Labute approximate surface area is 93.8 Å². The van der Waals surface area contributed by atoms with Crippen LogP contribution >= 0.6 is 11.9 Å². The minimum atomic E-state index is 0.517. The second-order valence-electron chi connectivity index (χ2n) is 4.19. The van der Waals surface area contributed by atoms with Gasteiger partial charge in [0, 0.05) is 29.9 Å². The van der Waals surface area contributed by atoms with Crippen molar-refractivity contribution in [2.24, 2.45) is 5.92 Å². The highest BCUT2D eigenvalue weighted by Crippen LogP contribution is 2.17. The quantitative estimate of drug-likeness (QED) is 0.517. The van der Waals surface area contributed by atoms with Crippen molar-refractivity contribution in [1.82, 2.24) is 4.31 Å². The molecule has 82 valence electrons. The van der Waals surface area contributed by atoms with E-state index in [0.717, 1.165) is 6.42 Å². The van der Waals surface area contributed by atoms with Gasteiger partial charge in [0.2, 0.25) is 0 Å². The third-order valence-corrected chi connectivity index (χ3v) is 3.35. The molecule has 0 amide bonds. The Balaban J connectivity index is 4.10. The van der Waals surface area contributed by atoms with Crippen molar-refractivity contribution in [3.8, 4) is 11.2 Å². The van der Waals surface area contributed by atoms with Gasteiger partial charge in [0.25, 0.3) is 0 Å². The van der Waals surface area contributed by atoms with Crippen molar-refractivity contribution >= 4 is 11.9 Å². The van der Waals surface area contributed by atoms with E-state index < -0.39 is 0 Å². The highest BCUT2D eigenvalue weighted by molar-refractivity contribution is 8.01. The highest BCUT2D eigenvalue weighted by atomic mass is 32.2. The standard InChI is InChI=1S/C12H23NS/c1-7-12(6)8-9-14-13(10(2)3)11(4)5/h10-12H,7H2,1-6H3. The molecule has 0 rings (SSSR count). The van der Waals surface area contributed by atoms with Gasteiger partial charge >= 0.3 is 0 Å². The third kappa shape index (κ3) is 5.57. The second kappa shape index (κ2) is 7.20. The lowest BCUT2D eigenvalue weighted by atomic mass is 10.1. The lowest BCUT2D eigenvalue weighted by Gasteiger charge is -2.26. The zero-order valence-corrected chi connectivity index (χ0v) is 11.1. The van der Waals surface area contributed by atoms with Gasteiger partial charge in [-0.05, 0) is 39.4 Å². The van der Waals surface area contributed by atoms with E-state index in [0.29, 0.717) is 18.0 Å². The van der Waals surface area contributed by atoms with E-state index in [1.54, 1.807) is 11.9 Å². The lowest BCUT2D eigenvalue weighted by Crippen LogP contribution is -2.30. The van der Waals surface area contributed by atoms with Crippen LogP contribution in [0, 0.1) is 17.1 Å². The Bertz CT molecular complexity index is 192. The molecule has 0 saturated carbocycles. The van der Waals surface area contributed by atoms with E-state index in [-0.39, 0.29) is 0 Å². The van der Waals surface area contributed by atoms with E-state index >= 15 is 0 Å². The minimum Gasteiger partial charge on any atom is -0.235 e. The fraction of sp³-hybridized carbons (Fsp3) is 0.833. The van der Waals surface area contributed by atoms with Gasteiger partial charge < -0.3 is 0 Å². The molecule has 1 nitrogen and oxygen atoms in total. The molecule has 0 fully saturated rings. The van der Waals surface area contributed by atoms with Crippen LogP contribution in [-0.2, 0) is 0 Å². The summed E-state index contributed by atoms with van der Waals surface area (Å²) >= 11 is 1.65. The Hall–Kier alpha value is -0.130. The summed E-state index contributed by atoms with van der Waals surface area (Å²) in [5.74, 6) is 3.76. The van der Waals surface area contributed by atoms with Crippen LogP contribution in [0.1, 0.15) is 48.0 Å². The van der Waals surface area contributed by atoms with Gasteiger partial charge in [0.15, 0.2) is 0 Å². The molecule has 0 spiro atoms. The van der Waals surface area contributed by atoms with Gasteiger partial charge in [-0.1, -0.05) is 19.8 Å². The van der Waals surface area contributed by atoms with E-state index in [1.807, 2.05) is 0 Å². The van der Waals surface area contributed by atoms with E-state index in [2.05, 4.69) is 57.0 Å². The van der Waals surface area contributed by atoms with Crippen molar-refractivity contribution in [3.63, 3.8) is 0 Å². The molecule has 0 N–H and O–H groups in total. The summed E-state index contributed by atoms with van der Waals surface area (Å²) < 4.78 is 2.33. The molecule has 0 heterocycles. The Morgan fingerprint density at radius 1 is 1.07 bits per heavy atom. The summed E-state index contributed by atoms with van der Waals surface area (Å²) in [5.41, 5.74) is 0. The summed E-state index contributed by atoms with van der Waals surface area (Å²) in [5, 5.41) is 3.19. The van der Waals surface area contributed by atoms with Crippen molar-refractivity contribution < 1.29 is 0 Å². The molecule has 0 saturated heterocycles. The molecular weight excluding hydrogens is 190 g/mol. The van der Waals surface area contributed by atoms with Crippen LogP contribution in [0.15, 0.2) is 0 Å². The number of nitrogens with zero attached hydrogens (tertiary/aromatic N) is 1. The predicted molar refractivity (Wildman–Crippen MR) is 66.9 cm³/mol. The SMILES string of the molecule is CCC(C)C#CSN(C(C)C)C(C)C. The molecule has 0 bridgehead atoms. The van der Waals surface area contributed by atoms with Gasteiger partial charge in [-0.25, -0.2) is 4.31 Å². The van der Waals surface area contributed by atoms with Crippen LogP contribution in [0.25, 0.3) is 0 Å². The fourth-order valence-electron chi connectivity index (χ4n) is 1.09. The lowest BCUT2D eigenvalue weighted by molar-refractivity contribution is 0.338. The molecule has 0 aliphatic heterocycles. The number of rotatable bonds is 4. The van der Waals surface area contributed by atoms with Crippen LogP contribution in [0.3, 0.4) is 0 Å². The fourth-order valence-corrected chi connectivity index (χ4v) is 1.87. The molecule has 1 atom stereocenters. The zero-order chi connectivity index (χ0) is 11.1. The maximum Gasteiger partial charge on any atom is 0.0181 e. The van der Waals surface area contributed by atoms with E-state index in [1.165, 1.54) is 0 Å². The van der Waals surface area contributed by atoms with E-state index in [4.69, 9.17) is 0 Å². The molecule has 0 aromatic carbocycles. The van der Waals surface area contributed by atoms with Crippen LogP contribution < -0.4 is 0 Å². The second-order valence-corrected chi connectivity index (χ2v) is 5.00. The average Bonchev–Trinajstić information content (AvgIpc) is 2.10. The first-order valence-corrected chi connectivity index (χ1v) is 6.22. The highest BCUT2D eigenvalue weighted by Gasteiger charge is 2.12. The largest absolute Gasteiger partial charge is 0.235 e. The summed E-state index contributed by atoms with van der Waals surface area (Å²) in [4.78, 5) is 0. The molecule has 0 radical (unpaired) electrons. The molecule has 0 aromatic rings. The van der Waals surface area contributed by atoms with Crippen LogP contribution in [0.5, 0.6) is 0 Å². The molecule has 0 aromatic heterocycles. The third-order valence-electron chi connectivity index (χ3n) is 2.09. The van der Waals surface area contributed by atoms with Crippen LogP contribution in [0.2, 0.25) is 0 Å². The summed E-state index contributed by atoms with van der Waals surface area (Å²) in [7, 11) is 0. The molecule has 0 aliphatic rings. The minimum absolute atomic E-state index is 0.517. The van der Waals surface area contributed by atoms with Crippen LogP contribution in [-0.4, -0.2) is 16.4 Å². The number of hydrogen-bond acceptors (Lipinski definition) is 2. The van der Waals surface area contributed by atoms with Gasteiger partial charge in [-0.15, -0.1) is 0 Å². The molecule has 14 heavy (non-hydrogen) atoms. The Morgan fingerprint density at radius 3 is 1.93 bits per heavy atom. The summed E-state index contributed by atoms with van der Waals surface area (Å²) in [6, 6.07) is 1.09. The van der Waals surface area contributed by atoms with Gasteiger partial charge in [0.05, 0.1) is 0 Å². The van der Waals surface area contributed by atoms with Crippen molar-refractivity contribution in [2.45, 2.75) is 60.0 Å².